The van der Waals surface area contributed by atoms with Crippen LogP contribution in [-0.2, 0) is 0 Å². The van der Waals surface area contributed by atoms with E-state index in [9.17, 15) is 4.79 Å². The Morgan fingerprint density at radius 2 is 2.39 bits per heavy atom. The van der Waals surface area contributed by atoms with Gasteiger partial charge in [0.2, 0.25) is 0 Å². The van der Waals surface area contributed by atoms with Gasteiger partial charge in [-0.3, -0.25) is 0 Å². The molecule has 98 valence electrons. The van der Waals surface area contributed by atoms with Crippen molar-refractivity contribution in [1.29, 1.82) is 0 Å². The molecule has 3 heterocycles. The van der Waals surface area contributed by atoms with E-state index in [-0.39, 0.29) is 12.1 Å². The third kappa shape index (κ3) is 2.01. The highest BCUT2D eigenvalue weighted by Crippen LogP contribution is 2.32. The number of nitrogens with zero attached hydrogens (tertiary/aromatic N) is 2. The first kappa shape index (κ1) is 12.0. The number of amides is 2. The zero-order chi connectivity index (χ0) is 12.5. The molecule has 4 nitrogen and oxygen atoms in total. The van der Waals surface area contributed by atoms with Gasteiger partial charge in [-0.1, -0.05) is 6.07 Å². The largest absolute Gasteiger partial charge is 0.320 e. The molecule has 5 heteroatoms. The van der Waals surface area contributed by atoms with E-state index in [0.29, 0.717) is 6.04 Å². The molecule has 3 rings (SSSR count). The van der Waals surface area contributed by atoms with Crippen molar-refractivity contribution < 1.29 is 4.79 Å². The molecule has 2 aliphatic rings. The number of hydrogen-bond donors (Lipinski definition) is 1. The van der Waals surface area contributed by atoms with Crippen LogP contribution in [0.15, 0.2) is 17.5 Å². The summed E-state index contributed by atoms with van der Waals surface area (Å²) in [5, 5.41) is 5.47. The average molecular weight is 265 g/mol. The fourth-order valence-electron chi connectivity index (χ4n) is 2.89. The van der Waals surface area contributed by atoms with Gasteiger partial charge in [0.15, 0.2) is 0 Å². The smallest absolute Gasteiger partial charge is 0.318 e. The van der Waals surface area contributed by atoms with Crippen LogP contribution < -0.4 is 5.32 Å². The number of rotatable bonds is 2. The van der Waals surface area contributed by atoms with E-state index in [1.807, 2.05) is 11.9 Å². The van der Waals surface area contributed by atoms with Gasteiger partial charge >= 0.3 is 6.03 Å². The minimum absolute atomic E-state index is 0.182. The van der Waals surface area contributed by atoms with Gasteiger partial charge in [-0.05, 0) is 30.8 Å². The van der Waals surface area contributed by atoms with Crippen LogP contribution in [0.1, 0.15) is 23.8 Å². The van der Waals surface area contributed by atoms with Crippen molar-refractivity contribution in [2.75, 3.05) is 26.7 Å². The van der Waals surface area contributed by atoms with Crippen molar-refractivity contribution in [3.63, 3.8) is 0 Å². The molecule has 2 aliphatic heterocycles. The van der Waals surface area contributed by atoms with Gasteiger partial charge in [-0.2, -0.15) is 0 Å². The highest BCUT2D eigenvalue weighted by atomic mass is 32.1. The van der Waals surface area contributed by atoms with Crippen LogP contribution in [0.3, 0.4) is 0 Å². The quantitative estimate of drug-likeness (QED) is 0.886. The number of piperidine rings is 1. The summed E-state index contributed by atoms with van der Waals surface area (Å²) in [7, 11) is 1.92. The standard InChI is InChI=1S/C13H19N3OS/c1-15-11(12-5-3-7-18-12)9-16(13(15)17)10-4-2-6-14-8-10/h3,5,7,10-11,14H,2,4,6,8-9H2,1H3. The summed E-state index contributed by atoms with van der Waals surface area (Å²) in [6.07, 6.45) is 2.30. The van der Waals surface area contributed by atoms with E-state index in [2.05, 4.69) is 27.7 Å². The van der Waals surface area contributed by atoms with Gasteiger partial charge < -0.3 is 15.1 Å². The van der Waals surface area contributed by atoms with E-state index in [1.54, 1.807) is 11.3 Å². The lowest BCUT2D eigenvalue weighted by Gasteiger charge is -2.30. The number of thiophene rings is 1. The Balaban J connectivity index is 1.76. The topological polar surface area (TPSA) is 35.6 Å². The Labute approximate surface area is 112 Å². The molecule has 0 aromatic carbocycles. The molecule has 2 fully saturated rings. The van der Waals surface area contributed by atoms with Crippen molar-refractivity contribution in [2.24, 2.45) is 0 Å². The van der Waals surface area contributed by atoms with Gasteiger partial charge in [0.25, 0.3) is 0 Å². The molecular formula is C13H19N3OS. The van der Waals surface area contributed by atoms with Gasteiger partial charge in [0, 0.05) is 31.1 Å². The first-order valence-electron chi connectivity index (χ1n) is 6.55. The lowest BCUT2D eigenvalue weighted by atomic mass is 10.1. The van der Waals surface area contributed by atoms with Gasteiger partial charge in [-0.15, -0.1) is 11.3 Å². The summed E-state index contributed by atoms with van der Waals surface area (Å²) in [5.74, 6) is 0. The van der Waals surface area contributed by atoms with E-state index in [0.717, 1.165) is 26.1 Å². The van der Waals surface area contributed by atoms with E-state index in [4.69, 9.17) is 0 Å². The molecule has 1 aromatic heterocycles. The van der Waals surface area contributed by atoms with Crippen molar-refractivity contribution in [2.45, 2.75) is 24.9 Å². The van der Waals surface area contributed by atoms with Crippen molar-refractivity contribution >= 4 is 17.4 Å². The Hall–Kier alpha value is -1.07. The van der Waals surface area contributed by atoms with Crippen molar-refractivity contribution in [1.82, 2.24) is 15.1 Å². The molecule has 0 aliphatic carbocycles. The number of carbonyl (C=O) groups excluding carboxylic acids is 1. The molecule has 0 radical (unpaired) electrons. The molecule has 2 saturated heterocycles. The highest BCUT2D eigenvalue weighted by Gasteiger charge is 2.39. The minimum Gasteiger partial charge on any atom is -0.318 e. The summed E-state index contributed by atoms with van der Waals surface area (Å²) in [5.41, 5.74) is 0. The minimum atomic E-state index is 0.182. The van der Waals surface area contributed by atoms with Crippen LogP contribution in [-0.4, -0.2) is 48.6 Å². The number of likely N-dealkylation sites (N-methyl/N-ethyl adjacent to an activating group) is 1. The number of hydrogen-bond acceptors (Lipinski definition) is 3. The van der Waals surface area contributed by atoms with Crippen LogP contribution in [0.4, 0.5) is 4.79 Å². The SMILES string of the molecule is CN1C(=O)N(C2CCCNC2)CC1c1cccs1. The number of nitrogens with one attached hydrogen (secondary N) is 1. The van der Waals surface area contributed by atoms with Crippen LogP contribution >= 0.6 is 11.3 Å². The van der Waals surface area contributed by atoms with Gasteiger partial charge in [0.1, 0.15) is 0 Å². The van der Waals surface area contributed by atoms with Crippen LogP contribution in [0.25, 0.3) is 0 Å². The maximum Gasteiger partial charge on any atom is 0.320 e. The molecule has 0 saturated carbocycles. The summed E-state index contributed by atoms with van der Waals surface area (Å²) in [6.45, 7) is 2.86. The first-order chi connectivity index (χ1) is 8.77. The molecule has 2 amide bonds. The molecule has 1 N–H and O–H groups in total. The monoisotopic (exact) mass is 265 g/mol. The average Bonchev–Trinajstić information content (AvgIpc) is 3.01. The lowest BCUT2D eigenvalue weighted by molar-refractivity contribution is 0.171. The fourth-order valence-corrected chi connectivity index (χ4v) is 3.75. The second-order valence-electron chi connectivity index (χ2n) is 5.08. The van der Waals surface area contributed by atoms with Gasteiger partial charge in [0.05, 0.1) is 6.04 Å². The van der Waals surface area contributed by atoms with Crippen molar-refractivity contribution in [3.8, 4) is 0 Å². The predicted molar refractivity (Wildman–Crippen MR) is 72.8 cm³/mol. The highest BCUT2D eigenvalue weighted by molar-refractivity contribution is 7.10. The normalized spacial score (nSPS) is 29.1. The molecule has 18 heavy (non-hydrogen) atoms. The summed E-state index contributed by atoms with van der Waals surface area (Å²) in [6, 6.07) is 4.98. The fraction of sp³-hybridized carbons (Fsp3) is 0.615. The Morgan fingerprint density at radius 1 is 1.50 bits per heavy atom. The second kappa shape index (κ2) is 4.90. The van der Waals surface area contributed by atoms with E-state index < -0.39 is 0 Å². The third-order valence-electron chi connectivity index (χ3n) is 3.97. The lowest BCUT2D eigenvalue weighted by Crippen LogP contribution is -2.47. The zero-order valence-corrected chi connectivity index (χ0v) is 11.4. The van der Waals surface area contributed by atoms with Gasteiger partial charge in [-0.25, -0.2) is 4.79 Å². The maximum absolute atomic E-state index is 12.3. The van der Waals surface area contributed by atoms with Crippen LogP contribution in [0.5, 0.6) is 0 Å². The summed E-state index contributed by atoms with van der Waals surface area (Å²) >= 11 is 1.74. The second-order valence-corrected chi connectivity index (χ2v) is 6.06. The molecule has 1 aromatic rings. The maximum atomic E-state index is 12.3. The Morgan fingerprint density at radius 3 is 3.06 bits per heavy atom. The third-order valence-corrected chi connectivity index (χ3v) is 4.94. The predicted octanol–water partition coefficient (Wildman–Crippen LogP) is 1.91. The molecule has 2 unspecified atom stereocenters. The van der Waals surface area contributed by atoms with Crippen molar-refractivity contribution in [3.05, 3.63) is 22.4 Å². The zero-order valence-electron chi connectivity index (χ0n) is 10.6. The van der Waals surface area contributed by atoms with E-state index in [1.165, 1.54) is 11.3 Å². The Bertz CT molecular complexity index is 414. The summed E-state index contributed by atoms with van der Waals surface area (Å²) < 4.78 is 0. The van der Waals surface area contributed by atoms with Crippen LogP contribution in [0.2, 0.25) is 0 Å². The van der Waals surface area contributed by atoms with Crippen LogP contribution in [0, 0.1) is 0 Å². The molecule has 0 bridgehead atoms. The molecule has 2 atom stereocenters. The number of urea groups is 1. The first-order valence-corrected chi connectivity index (χ1v) is 7.43. The molecule has 0 spiro atoms. The Kier molecular flexibility index (Phi) is 3.26. The van der Waals surface area contributed by atoms with E-state index >= 15 is 0 Å². The molecular weight excluding hydrogens is 246 g/mol. The summed E-state index contributed by atoms with van der Waals surface area (Å²) in [4.78, 5) is 17.6. The number of carbonyl (C=O) groups is 1.